The van der Waals surface area contributed by atoms with Crippen molar-refractivity contribution >= 4 is 17.7 Å². The minimum Gasteiger partial charge on any atom is -0.344 e. The van der Waals surface area contributed by atoms with Crippen molar-refractivity contribution in [3.05, 3.63) is 0 Å². The zero-order valence-electron chi connectivity index (χ0n) is 8.90. The third-order valence-electron chi connectivity index (χ3n) is 1.79. The van der Waals surface area contributed by atoms with Gasteiger partial charge in [-0.25, -0.2) is 0 Å². The summed E-state index contributed by atoms with van der Waals surface area (Å²) in [7, 11) is 1.70. The third kappa shape index (κ3) is 7.84. The number of nitriles is 2. The molecule has 0 aliphatic carbocycles. The predicted octanol–water partition coefficient (Wildman–Crippen LogP) is 1.40. The van der Waals surface area contributed by atoms with Crippen molar-refractivity contribution < 1.29 is 4.79 Å². The first-order valence-corrected chi connectivity index (χ1v) is 5.93. The van der Waals surface area contributed by atoms with Crippen molar-refractivity contribution in [1.82, 2.24) is 4.90 Å². The van der Waals surface area contributed by atoms with Gasteiger partial charge in [0.2, 0.25) is 5.91 Å². The van der Waals surface area contributed by atoms with Crippen molar-refractivity contribution in [3.8, 4) is 12.1 Å². The topological polar surface area (TPSA) is 67.9 Å². The van der Waals surface area contributed by atoms with E-state index in [0.717, 1.165) is 12.2 Å². The van der Waals surface area contributed by atoms with Gasteiger partial charge >= 0.3 is 0 Å². The molecule has 4 nitrogen and oxygen atoms in total. The highest BCUT2D eigenvalue weighted by Crippen LogP contribution is 2.05. The van der Waals surface area contributed by atoms with E-state index in [-0.39, 0.29) is 5.91 Å². The Morgan fingerprint density at radius 3 is 2.60 bits per heavy atom. The number of nitrogens with zero attached hydrogens (tertiary/aromatic N) is 3. The Labute approximate surface area is 94.9 Å². The van der Waals surface area contributed by atoms with Crippen LogP contribution in [-0.4, -0.2) is 35.9 Å². The molecule has 0 aromatic heterocycles. The van der Waals surface area contributed by atoms with E-state index in [0.29, 0.717) is 25.1 Å². The smallest absolute Gasteiger partial charge is 0.232 e. The molecule has 0 aliphatic heterocycles. The molecule has 0 aliphatic rings. The van der Waals surface area contributed by atoms with E-state index in [1.807, 2.05) is 6.07 Å². The van der Waals surface area contributed by atoms with Crippen LogP contribution in [0, 0.1) is 22.7 Å². The number of hydrogen-bond acceptors (Lipinski definition) is 4. The molecule has 0 bridgehead atoms. The summed E-state index contributed by atoms with van der Waals surface area (Å²) in [5, 5.41) is 16.6. The highest BCUT2D eigenvalue weighted by molar-refractivity contribution is 7.99. The number of amides is 1. The van der Waals surface area contributed by atoms with Crippen molar-refractivity contribution in [3.63, 3.8) is 0 Å². The normalized spacial score (nSPS) is 9.00. The summed E-state index contributed by atoms with van der Waals surface area (Å²) in [6.45, 7) is 0.494. The average molecular weight is 225 g/mol. The van der Waals surface area contributed by atoms with E-state index >= 15 is 0 Å². The largest absolute Gasteiger partial charge is 0.344 e. The number of rotatable bonds is 7. The molecule has 0 saturated heterocycles. The van der Waals surface area contributed by atoms with Crippen LogP contribution in [0.5, 0.6) is 0 Å². The number of carbonyl (C=O) groups excluding carboxylic acids is 1. The monoisotopic (exact) mass is 225 g/mol. The fourth-order valence-corrected chi connectivity index (χ4v) is 1.75. The average Bonchev–Trinajstić information content (AvgIpc) is 2.25. The Balaban J connectivity index is 3.48. The molecule has 0 saturated carbocycles. The lowest BCUT2D eigenvalue weighted by Gasteiger charge is -2.14. The number of carbonyl (C=O) groups is 1. The van der Waals surface area contributed by atoms with Gasteiger partial charge in [-0.15, -0.1) is 0 Å². The van der Waals surface area contributed by atoms with Gasteiger partial charge in [-0.3, -0.25) is 4.79 Å². The molecule has 0 spiro atoms. The molecule has 15 heavy (non-hydrogen) atoms. The van der Waals surface area contributed by atoms with E-state index in [9.17, 15) is 4.79 Å². The van der Waals surface area contributed by atoms with Crippen LogP contribution in [0.15, 0.2) is 0 Å². The first-order chi connectivity index (χ1) is 7.22. The van der Waals surface area contributed by atoms with E-state index in [1.54, 1.807) is 11.9 Å². The quantitative estimate of drug-likeness (QED) is 0.614. The Hall–Kier alpha value is -1.20. The van der Waals surface area contributed by atoms with E-state index in [4.69, 9.17) is 10.5 Å². The molecule has 0 fully saturated rings. The van der Waals surface area contributed by atoms with Gasteiger partial charge in [-0.2, -0.15) is 22.3 Å². The summed E-state index contributed by atoms with van der Waals surface area (Å²) in [4.78, 5) is 13.0. The molecule has 0 heterocycles. The molecule has 0 radical (unpaired) electrons. The van der Waals surface area contributed by atoms with Gasteiger partial charge in [-0.1, -0.05) is 0 Å². The molecular formula is C10H15N3OS. The number of unbranched alkanes of at least 4 members (excludes halogenated alkanes) is 1. The molecule has 0 rings (SSSR count). The van der Waals surface area contributed by atoms with Gasteiger partial charge in [0.1, 0.15) is 0 Å². The highest BCUT2D eigenvalue weighted by atomic mass is 32.2. The minimum absolute atomic E-state index is 0.0483. The molecule has 0 aromatic rings. The van der Waals surface area contributed by atoms with E-state index < -0.39 is 0 Å². The second-order valence-electron chi connectivity index (χ2n) is 3.04. The molecule has 82 valence electrons. The van der Waals surface area contributed by atoms with Crippen LogP contribution in [0.1, 0.15) is 19.3 Å². The van der Waals surface area contributed by atoms with Crippen LogP contribution in [0.4, 0.5) is 0 Å². The Morgan fingerprint density at radius 1 is 1.33 bits per heavy atom. The molecule has 0 atom stereocenters. The SMILES string of the molecule is CN(CCC#N)C(=O)CSCCCC#N. The first kappa shape index (κ1) is 13.8. The zero-order chi connectivity index (χ0) is 11.5. The van der Waals surface area contributed by atoms with Crippen LogP contribution >= 0.6 is 11.8 Å². The van der Waals surface area contributed by atoms with Crippen molar-refractivity contribution in [2.75, 3.05) is 25.1 Å². The Kier molecular flexibility index (Phi) is 8.61. The number of hydrogen-bond donors (Lipinski definition) is 0. The summed E-state index contributed by atoms with van der Waals surface area (Å²) in [6.07, 6.45) is 1.75. The first-order valence-electron chi connectivity index (χ1n) is 4.78. The van der Waals surface area contributed by atoms with Crippen LogP contribution in [0.2, 0.25) is 0 Å². The second-order valence-corrected chi connectivity index (χ2v) is 4.14. The van der Waals surface area contributed by atoms with E-state index in [2.05, 4.69) is 6.07 Å². The fourth-order valence-electron chi connectivity index (χ4n) is 0.865. The van der Waals surface area contributed by atoms with Gasteiger partial charge in [0.05, 0.1) is 24.3 Å². The van der Waals surface area contributed by atoms with Crippen molar-refractivity contribution in [2.24, 2.45) is 0 Å². The Bertz CT molecular complexity index is 267. The predicted molar refractivity (Wildman–Crippen MR) is 60.0 cm³/mol. The zero-order valence-corrected chi connectivity index (χ0v) is 9.72. The van der Waals surface area contributed by atoms with Crippen LogP contribution in [0.25, 0.3) is 0 Å². The van der Waals surface area contributed by atoms with Gasteiger partial charge in [-0.05, 0) is 12.2 Å². The van der Waals surface area contributed by atoms with Gasteiger partial charge in [0.15, 0.2) is 0 Å². The number of thioether (sulfide) groups is 1. The lowest BCUT2D eigenvalue weighted by atomic mass is 10.4. The standard InChI is InChI=1S/C10H15N3OS/c1-13(7-4-6-12)10(14)9-15-8-3-2-5-11/h2-4,7-9H2,1H3. The van der Waals surface area contributed by atoms with Crippen LogP contribution in [0.3, 0.4) is 0 Å². The maximum atomic E-state index is 11.4. The Morgan fingerprint density at radius 2 is 2.00 bits per heavy atom. The lowest BCUT2D eigenvalue weighted by molar-refractivity contribution is -0.127. The molecule has 5 heteroatoms. The summed E-state index contributed by atoms with van der Waals surface area (Å²) >= 11 is 1.54. The van der Waals surface area contributed by atoms with Crippen LogP contribution in [-0.2, 0) is 4.79 Å². The van der Waals surface area contributed by atoms with Crippen molar-refractivity contribution in [1.29, 1.82) is 10.5 Å². The molecule has 1 amide bonds. The summed E-state index contributed by atoms with van der Waals surface area (Å²) in [5.74, 6) is 1.32. The lowest BCUT2D eigenvalue weighted by Crippen LogP contribution is -2.29. The summed E-state index contributed by atoms with van der Waals surface area (Å²) in [5.41, 5.74) is 0. The summed E-state index contributed by atoms with van der Waals surface area (Å²) < 4.78 is 0. The maximum absolute atomic E-state index is 11.4. The second kappa shape index (κ2) is 9.36. The van der Waals surface area contributed by atoms with E-state index in [1.165, 1.54) is 11.8 Å². The third-order valence-corrected chi connectivity index (χ3v) is 2.82. The molecule has 0 aromatic carbocycles. The van der Waals surface area contributed by atoms with Crippen molar-refractivity contribution in [2.45, 2.75) is 19.3 Å². The van der Waals surface area contributed by atoms with Gasteiger partial charge < -0.3 is 4.90 Å². The summed E-state index contributed by atoms with van der Waals surface area (Å²) in [6, 6.07) is 4.06. The maximum Gasteiger partial charge on any atom is 0.232 e. The molecule has 0 unspecified atom stereocenters. The van der Waals surface area contributed by atoms with Gasteiger partial charge in [0, 0.05) is 20.0 Å². The minimum atomic E-state index is 0.0483. The highest BCUT2D eigenvalue weighted by Gasteiger charge is 2.07. The van der Waals surface area contributed by atoms with Gasteiger partial charge in [0.25, 0.3) is 0 Å². The molecular weight excluding hydrogens is 210 g/mol. The van der Waals surface area contributed by atoms with Crippen LogP contribution < -0.4 is 0 Å². The fraction of sp³-hybridized carbons (Fsp3) is 0.700. The molecule has 0 N–H and O–H groups in total.